The maximum atomic E-state index is 12.0. The van der Waals surface area contributed by atoms with Crippen LogP contribution in [0.3, 0.4) is 0 Å². The summed E-state index contributed by atoms with van der Waals surface area (Å²) in [4.78, 5) is 12.0. The van der Waals surface area contributed by atoms with Crippen LogP contribution in [0.4, 0.5) is 15.6 Å². The number of halogens is 1. The number of hydrogen-bond donors (Lipinski definition) is 2. The number of aryl methyl sites for hydroxylation is 2. The molecular formula is C18H17ClN4O2S. The smallest absolute Gasteiger partial charge is 0.325 e. The molecule has 3 rings (SSSR count). The van der Waals surface area contributed by atoms with Gasteiger partial charge in [0.15, 0.2) is 5.01 Å². The number of nitrogens with zero attached hydrogens (tertiary/aromatic N) is 2. The normalized spacial score (nSPS) is 10.4. The van der Waals surface area contributed by atoms with E-state index in [2.05, 4.69) is 20.8 Å². The van der Waals surface area contributed by atoms with Gasteiger partial charge in [0.25, 0.3) is 0 Å². The Morgan fingerprint density at radius 2 is 1.88 bits per heavy atom. The van der Waals surface area contributed by atoms with Gasteiger partial charge in [0.2, 0.25) is 5.13 Å². The summed E-state index contributed by atoms with van der Waals surface area (Å²) in [5.74, 6) is 0.815. The number of carbonyl (C=O) groups excluding carboxylic acids is 1. The van der Waals surface area contributed by atoms with Crippen molar-refractivity contribution in [3.05, 3.63) is 63.6 Å². The van der Waals surface area contributed by atoms with Crippen LogP contribution in [-0.4, -0.2) is 16.2 Å². The Labute approximate surface area is 160 Å². The summed E-state index contributed by atoms with van der Waals surface area (Å²) >= 11 is 7.08. The minimum Gasteiger partial charge on any atom is -0.486 e. The zero-order valence-electron chi connectivity index (χ0n) is 14.2. The number of hydrogen-bond acceptors (Lipinski definition) is 5. The third-order valence-electron chi connectivity index (χ3n) is 3.48. The van der Waals surface area contributed by atoms with Crippen LogP contribution in [0.25, 0.3) is 0 Å². The quantitative estimate of drug-likeness (QED) is 0.642. The number of rotatable bonds is 5. The first kappa shape index (κ1) is 18.2. The lowest BCUT2D eigenvalue weighted by Crippen LogP contribution is -2.19. The van der Waals surface area contributed by atoms with Crippen LogP contribution in [0.2, 0.25) is 5.02 Å². The van der Waals surface area contributed by atoms with E-state index in [-0.39, 0.29) is 0 Å². The Morgan fingerprint density at radius 1 is 1.12 bits per heavy atom. The molecule has 0 aliphatic carbocycles. The molecule has 1 heterocycles. The minimum absolute atomic E-state index is 0.294. The summed E-state index contributed by atoms with van der Waals surface area (Å²) < 4.78 is 5.80. The number of anilines is 2. The first-order valence-corrected chi connectivity index (χ1v) is 9.05. The molecule has 0 radical (unpaired) electrons. The zero-order chi connectivity index (χ0) is 18.5. The number of ether oxygens (including phenoxy) is 1. The van der Waals surface area contributed by atoms with E-state index in [1.54, 1.807) is 24.3 Å². The van der Waals surface area contributed by atoms with E-state index in [0.29, 0.717) is 27.5 Å². The summed E-state index contributed by atoms with van der Waals surface area (Å²) in [5.41, 5.74) is 2.82. The Bertz CT molecular complexity index is 912. The molecule has 0 aliphatic rings. The van der Waals surface area contributed by atoms with Crippen molar-refractivity contribution in [2.75, 3.05) is 10.6 Å². The van der Waals surface area contributed by atoms with Gasteiger partial charge in [-0.1, -0.05) is 35.1 Å². The second-order valence-electron chi connectivity index (χ2n) is 5.64. The van der Waals surface area contributed by atoms with Crippen LogP contribution >= 0.6 is 22.9 Å². The highest BCUT2D eigenvalue weighted by Gasteiger charge is 2.10. The van der Waals surface area contributed by atoms with Crippen molar-refractivity contribution >= 4 is 39.8 Å². The lowest BCUT2D eigenvalue weighted by atomic mass is 10.1. The summed E-state index contributed by atoms with van der Waals surface area (Å²) in [6.45, 7) is 4.30. The van der Waals surface area contributed by atoms with Crippen molar-refractivity contribution in [1.29, 1.82) is 0 Å². The fraction of sp³-hybridized carbons (Fsp3) is 0.167. The van der Waals surface area contributed by atoms with Gasteiger partial charge in [0.1, 0.15) is 12.4 Å². The number of nitrogens with one attached hydrogen (secondary N) is 2. The highest BCUT2D eigenvalue weighted by molar-refractivity contribution is 7.15. The largest absolute Gasteiger partial charge is 0.486 e. The predicted octanol–water partition coefficient (Wildman–Crippen LogP) is 5.03. The van der Waals surface area contributed by atoms with E-state index in [0.717, 1.165) is 16.9 Å². The molecule has 0 fully saturated rings. The van der Waals surface area contributed by atoms with E-state index in [1.165, 1.54) is 11.3 Å². The fourth-order valence-corrected chi connectivity index (χ4v) is 2.93. The van der Waals surface area contributed by atoms with Gasteiger partial charge in [0, 0.05) is 10.7 Å². The van der Waals surface area contributed by atoms with Crippen molar-refractivity contribution in [3.8, 4) is 5.75 Å². The van der Waals surface area contributed by atoms with Crippen LogP contribution in [0.1, 0.15) is 16.1 Å². The highest BCUT2D eigenvalue weighted by atomic mass is 35.5. The lowest BCUT2D eigenvalue weighted by Gasteiger charge is -2.08. The molecule has 0 spiro atoms. The van der Waals surface area contributed by atoms with Crippen LogP contribution in [-0.2, 0) is 6.61 Å². The molecule has 0 atom stereocenters. The molecular weight excluding hydrogens is 372 g/mol. The first-order valence-electron chi connectivity index (χ1n) is 7.85. The molecule has 0 unspecified atom stereocenters. The molecule has 2 amide bonds. The molecule has 0 aliphatic heterocycles. The minimum atomic E-state index is -0.398. The van der Waals surface area contributed by atoms with Gasteiger partial charge in [0.05, 0.1) is 0 Å². The van der Waals surface area contributed by atoms with Crippen molar-refractivity contribution in [2.45, 2.75) is 20.5 Å². The third kappa shape index (κ3) is 4.93. The molecule has 2 aromatic carbocycles. The van der Waals surface area contributed by atoms with Crippen molar-refractivity contribution in [2.24, 2.45) is 0 Å². The maximum absolute atomic E-state index is 12.0. The number of aromatic nitrogens is 2. The molecule has 134 valence electrons. The SMILES string of the molecule is Cc1ccc(C)c(OCc2nnc(NC(=O)Nc3ccc(Cl)cc3)s2)c1. The highest BCUT2D eigenvalue weighted by Crippen LogP contribution is 2.22. The fourth-order valence-electron chi connectivity index (χ4n) is 2.16. The van der Waals surface area contributed by atoms with Crippen molar-refractivity contribution in [1.82, 2.24) is 10.2 Å². The molecule has 0 saturated carbocycles. The van der Waals surface area contributed by atoms with Gasteiger partial charge in [-0.15, -0.1) is 10.2 Å². The second-order valence-corrected chi connectivity index (χ2v) is 7.14. The Balaban J connectivity index is 1.55. The van der Waals surface area contributed by atoms with Crippen LogP contribution in [0, 0.1) is 13.8 Å². The second kappa shape index (κ2) is 8.16. The van der Waals surface area contributed by atoms with Gasteiger partial charge < -0.3 is 10.1 Å². The van der Waals surface area contributed by atoms with Gasteiger partial charge in [-0.2, -0.15) is 0 Å². The summed E-state index contributed by atoms with van der Waals surface area (Å²) in [7, 11) is 0. The maximum Gasteiger partial charge on any atom is 0.325 e. The number of amides is 2. The lowest BCUT2D eigenvalue weighted by molar-refractivity contribution is 0.262. The number of benzene rings is 2. The van der Waals surface area contributed by atoms with Crippen LogP contribution in [0.15, 0.2) is 42.5 Å². The van der Waals surface area contributed by atoms with E-state index >= 15 is 0 Å². The molecule has 0 saturated heterocycles. The van der Waals surface area contributed by atoms with E-state index in [9.17, 15) is 4.79 Å². The first-order chi connectivity index (χ1) is 12.5. The average molecular weight is 389 g/mol. The Kier molecular flexibility index (Phi) is 5.70. The van der Waals surface area contributed by atoms with Crippen molar-refractivity contribution < 1.29 is 9.53 Å². The third-order valence-corrected chi connectivity index (χ3v) is 4.55. The number of urea groups is 1. The standard InChI is InChI=1S/C18H17ClN4O2S/c1-11-3-4-12(2)15(9-11)25-10-16-22-23-18(26-16)21-17(24)20-14-7-5-13(19)6-8-14/h3-9H,10H2,1-2H3,(H2,20,21,23,24). The van der Waals surface area contributed by atoms with E-state index in [1.807, 2.05) is 32.0 Å². The Hall–Kier alpha value is -2.64. The van der Waals surface area contributed by atoms with E-state index < -0.39 is 6.03 Å². The van der Waals surface area contributed by atoms with Gasteiger partial charge in [-0.05, 0) is 55.3 Å². The summed E-state index contributed by atoms with van der Waals surface area (Å²) in [5, 5.41) is 15.0. The van der Waals surface area contributed by atoms with Crippen LogP contribution < -0.4 is 15.4 Å². The molecule has 8 heteroatoms. The van der Waals surface area contributed by atoms with Crippen LogP contribution in [0.5, 0.6) is 5.75 Å². The molecule has 6 nitrogen and oxygen atoms in total. The molecule has 0 bridgehead atoms. The summed E-state index contributed by atoms with van der Waals surface area (Å²) in [6, 6.07) is 12.5. The van der Waals surface area contributed by atoms with Gasteiger partial charge in [-0.25, -0.2) is 4.79 Å². The molecule has 2 N–H and O–H groups in total. The molecule has 26 heavy (non-hydrogen) atoms. The van der Waals surface area contributed by atoms with Crippen molar-refractivity contribution in [3.63, 3.8) is 0 Å². The summed E-state index contributed by atoms with van der Waals surface area (Å²) in [6.07, 6.45) is 0. The van der Waals surface area contributed by atoms with E-state index in [4.69, 9.17) is 16.3 Å². The predicted molar refractivity (Wildman–Crippen MR) is 104 cm³/mol. The van der Waals surface area contributed by atoms with Gasteiger partial charge in [-0.3, -0.25) is 5.32 Å². The topological polar surface area (TPSA) is 76.1 Å². The molecule has 1 aromatic heterocycles. The van der Waals surface area contributed by atoms with Gasteiger partial charge >= 0.3 is 6.03 Å². The number of carbonyl (C=O) groups is 1. The monoisotopic (exact) mass is 388 g/mol. The zero-order valence-corrected chi connectivity index (χ0v) is 15.8. The Morgan fingerprint density at radius 3 is 2.65 bits per heavy atom. The average Bonchev–Trinajstić information content (AvgIpc) is 3.05. The molecule has 3 aromatic rings.